The summed E-state index contributed by atoms with van der Waals surface area (Å²) >= 11 is 5.86. The van der Waals surface area contributed by atoms with Crippen LogP contribution in [-0.4, -0.2) is 54.6 Å². The molecule has 25 heavy (non-hydrogen) atoms. The zero-order valence-electron chi connectivity index (χ0n) is 13.9. The Morgan fingerprint density at radius 2 is 2.04 bits per heavy atom. The summed E-state index contributed by atoms with van der Waals surface area (Å²) in [6, 6.07) is 5.47. The predicted molar refractivity (Wildman–Crippen MR) is 92.5 cm³/mol. The summed E-state index contributed by atoms with van der Waals surface area (Å²) in [5, 5.41) is 3.26. The van der Waals surface area contributed by atoms with Crippen LogP contribution in [0.25, 0.3) is 0 Å². The normalized spacial score (nSPS) is 23.4. The molecule has 0 radical (unpaired) electrons. The van der Waals surface area contributed by atoms with Crippen LogP contribution >= 0.6 is 11.6 Å². The number of carbonyl (C=O) groups excluding carboxylic acids is 3. The Hall–Kier alpha value is -2.12. The summed E-state index contributed by atoms with van der Waals surface area (Å²) in [4.78, 5) is 39.4. The van der Waals surface area contributed by atoms with Crippen molar-refractivity contribution in [1.29, 1.82) is 0 Å². The third-order valence-corrected chi connectivity index (χ3v) is 4.66. The number of hydrogen-bond donors (Lipinski definition) is 1. The maximum absolute atomic E-state index is 12.6. The molecule has 0 unspecified atom stereocenters. The van der Waals surface area contributed by atoms with Crippen LogP contribution in [0.15, 0.2) is 24.3 Å². The first-order chi connectivity index (χ1) is 12.0. The Kier molecular flexibility index (Phi) is 5.24. The van der Waals surface area contributed by atoms with Gasteiger partial charge in [-0.1, -0.05) is 11.6 Å². The van der Waals surface area contributed by atoms with E-state index in [2.05, 4.69) is 5.32 Å². The van der Waals surface area contributed by atoms with Crippen molar-refractivity contribution in [2.45, 2.75) is 31.9 Å². The van der Waals surface area contributed by atoms with Gasteiger partial charge in [-0.05, 0) is 44.0 Å². The highest BCUT2D eigenvalue weighted by molar-refractivity contribution is 6.30. The van der Waals surface area contributed by atoms with Crippen molar-refractivity contribution in [3.8, 4) is 0 Å². The lowest BCUT2D eigenvalue weighted by atomic mass is 10.2. The van der Waals surface area contributed by atoms with E-state index in [1.807, 2.05) is 0 Å². The highest BCUT2D eigenvalue weighted by Gasteiger charge is 2.44. The van der Waals surface area contributed by atoms with E-state index in [1.54, 1.807) is 31.2 Å². The fourth-order valence-corrected chi connectivity index (χ4v) is 3.17. The van der Waals surface area contributed by atoms with E-state index in [0.29, 0.717) is 23.9 Å². The van der Waals surface area contributed by atoms with Crippen LogP contribution < -0.4 is 10.2 Å². The molecule has 2 saturated heterocycles. The van der Waals surface area contributed by atoms with Crippen LogP contribution in [0.4, 0.5) is 10.5 Å². The van der Waals surface area contributed by atoms with E-state index in [9.17, 15) is 14.4 Å². The van der Waals surface area contributed by atoms with Gasteiger partial charge < -0.3 is 10.1 Å². The van der Waals surface area contributed by atoms with Gasteiger partial charge in [0.2, 0.25) is 5.91 Å². The Morgan fingerprint density at radius 3 is 2.68 bits per heavy atom. The predicted octanol–water partition coefficient (Wildman–Crippen LogP) is 1.79. The second kappa shape index (κ2) is 7.41. The Bertz CT molecular complexity index is 673. The average molecular weight is 366 g/mol. The maximum atomic E-state index is 12.6. The van der Waals surface area contributed by atoms with E-state index in [4.69, 9.17) is 16.3 Å². The summed E-state index contributed by atoms with van der Waals surface area (Å²) in [5.74, 6) is -0.769. The van der Waals surface area contributed by atoms with Crippen LogP contribution in [0.1, 0.15) is 19.8 Å². The number of carbonyl (C=O) groups is 3. The highest BCUT2D eigenvalue weighted by atomic mass is 35.5. The van der Waals surface area contributed by atoms with E-state index in [1.165, 1.54) is 4.90 Å². The number of halogens is 1. The average Bonchev–Trinajstić information content (AvgIpc) is 3.18. The van der Waals surface area contributed by atoms with Gasteiger partial charge in [0.1, 0.15) is 12.6 Å². The highest BCUT2D eigenvalue weighted by Crippen LogP contribution is 2.26. The molecule has 2 atom stereocenters. The molecule has 1 aromatic carbocycles. The quantitative estimate of drug-likeness (QED) is 0.807. The second-order valence-corrected chi connectivity index (χ2v) is 6.60. The van der Waals surface area contributed by atoms with Crippen molar-refractivity contribution in [3.05, 3.63) is 29.3 Å². The standard InChI is InChI=1S/C17H20ClN3O4/c1-11-16(23)20(10-15(22)19-9-14-3-2-8-25-14)17(24)21(11)13-6-4-12(18)5-7-13/h4-7,11,14H,2-3,8-10H2,1H3,(H,19,22)/t11-,14+/m0/s1. The number of nitrogens with one attached hydrogen (secondary N) is 1. The smallest absolute Gasteiger partial charge is 0.332 e. The Labute approximate surface area is 150 Å². The van der Waals surface area contributed by atoms with Gasteiger partial charge in [-0.3, -0.25) is 19.4 Å². The summed E-state index contributed by atoms with van der Waals surface area (Å²) in [7, 11) is 0. The summed E-state index contributed by atoms with van der Waals surface area (Å²) in [6.45, 7) is 2.45. The van der Waals surface area contributed by atoms with E-state index in [-0.39, 0.29) is 18.6 Å². The maximum Gasteiger partial charge on any atom is 0.332 e. The fraction of sp³-hybridized carbons (Fsp3) is 0.471. The zero-order chi connectivity index (χ0) is 18.0. The van der Waals surface area contributed by atoms with Gasteiger partial charge in [-0.25, -0.2) is 4.79 Å². The van der Waals surface area contributed by atoms with Gasteiger partial charge in [0.05, 0.1) is 6.10 Å². The number of hydrogen-bond acceptors (Lipinski definition) is 4. The van der Waals surface area contributed by atoms with Crippen molar-refractivity contribution in [1.82, 2.24) is 10.2 Å². The molecule has 0 aliphatic carbocycles. The van der Waals surface area contributed by atoms with Gasteiger partial charge in [0, 0.05) is 23.9 Å². The summed E-state index contributed by atoms with van der Waals surface area (Å²) in [6.07, 6.45) is 1.90. The van der Waals surface area contributed by atoms with Crippen molar-refractivity contribution in [2.75, 3.05) is 24.6 Å². The van der Waals surface area contributed by atoms with Gasteiger partial charge in [-0.15, -0.1) is 0 Å². The number of ether oxygens (including phenoxy) is 1. The lowest BCUT2D eigenvalue weighted by molar-refractivity contribution is -0.132. The molecule has 2 fully saturated rings. The Balaban J connectivity index is 1.63. The largest absolute Gasteiger partial charge is 0.376 e. The molecule has 2 aliphatic heterocycles. The molecular formula is C17H20ClN3O4. The van der Waals surface area contributed by atoms with Gasteiger partial charge in [0.25, 0.3) is 5.91 Å². The molecule has 0 bridgehead atoms. The number of imide groups is 1. The minimum absolute atomic E-state index is 0.0124. The van der Waals surface area contributed by atoms with Crippen LogP contribution in [0.5, 0.6) is 0 Å². The van der Waals surface area contributed by atoms with Crippen LogP contribution in [0.3, 0.4) is 0 Å². The molecule has 2 heterocycles. The minimum atomic E-state index is -0.667. The third kappa shape index (κ3) is 3.77. The van der Waals surface area contributed by atoms with Crippen LogP contribution in [0, 0.1) is 0 Å². The molecule has 2 aliphatic rings. The number of benzene rings is 1. The van der Waals surface area contributed by atoms with E-state index < -0.39 is 18.0 Å². The van der Waals surface area contributed by atoms with Crippen LogP contribution in [-0.2, 0) is 14.3 Å². The molecule has 0 aromatic heterocycles. The molecule has 134 valence electrons. The van der Waals surface area contributed by atoms with E-state index >= 15 is 0 Å². The molecular weight excluding hydrogens is 346 g/mol. The summed E-state index contributed by atoms with van der Waals surface area (Å²) < 4.78 is 5.44. The topological polar surface area (TPSA) is 79.0 Å². The zero-order valence-corrected chi connectivity index (χ0v) is 14.7. The number of anilines is 1. The minimum Gasteiger partial charge on any atom is -0.376 e. The molecule has 1 aromatic rings. The molecule has 0 spiro atoms. The molecule has 4 amide bonds. The van der Waals surface area contributed by atoms with Crippen molar-refractivity contribution in [2.24, 2.45) is 0 Å². The number of rotatable bonds is 5. The monoisotopic (exact) mass is 365 g/mol. The molecule has 1 N–H and O–H groups in total. The fourth-order valence-electron chi connectivity index (χ4n) is 3.04. The molecule has 8 heteroatoms. The number of urea groups is 1. The molecule has 0 saturated carbocycles. The van der Waals surface area contributed by atoms with Crippen molar-refractivity contribution < 1.29 is 19.1 Å². The summed E-state index contributed by atoms with van der Waals surface area (Å²) in [5.41, 5.74) is 0.567. The SMILES string of the molecule is C[C@H]1C(=O)N(CC(=O)NC[C@H]2CCCO2)C(=O)N1c1ccc(Cl)cc1. The van der Waals surface area contributed by atoms with Crippen LogP contribution in [0.2, 0.25) is 5.02 Å². The second-order valence-electron chi connectivity index (χ2n) is 6.17. The van der Waals surface area contributed by atoms with Crippen molar-refractivity contribution >= 4 is 35.1 Å². The van der Waals surface area contributed by atoms with Gasteiger partial charge in [0.15, 0.2) is 0 Å². The third-order valence-electron chi connectivity index (χ3n) is 4.41. The first kappa shape index (κ1) is 17.7. The lowest BCUT2D eigenvalue weighted by Crippen LogP contribution is -2.43. The molecule has 7 nitrogen and oxygen atoms in total. The first-order valence-electron chi connectivity index (χ1n) is 8.26. The van der Waals surface area contributed by atoms with Gasteiger partial charge in [-0.2, -0.15) is 0 Å². The Morgan fingerprint density at radius 1 is 1.32 bits per heavy atom. The number of nitrogens with zero attached hydrogens (tertiary/aromatic N) is 2. The lowest BCUT2D eigenvalue weighted by Gasteiger charge is -2.19. The van der Waals surface area contributed by atoms with E-state index in [0.717, 1.165) is 17.7 Å². The first-order valence-corrected chi connectivity index (χ1v) is 8.63. The number of amides is 4. The van der Waals surface area contributed by atoms with Crippen molar-refractivity contribution in [3.63, 3.8) is 0 Å². The van der Waals surface area contributed by atoms with Gasteiger partial charge >= 0.3 is 6.03 Å². The molecule has 3 rings (SSSR count).